The average molecular weight is 588 g/mol. The van der Waals surface area contributed by atoms with Crippen molar-refractivity contribution in [2.75, 3.05) is 0 Å². The predicted molar refractivity (Wildman–Crippen MR) is 157 cm³/mol. The molecule has 0 fully saturated rings. The predicted octanol–water partition coefficient (Wildman–Crippen LogP) is 6.67. The molecule has 216 valence electrons. The van der Waals surface area contributed by atoms with Gasteiger partial charge in [-0.2, -0.15) is 0 Å². The number of nitrogens with one attached hydrogen (secondary N) is 2. The molecule has 0 aromatic heterocycles. The number of amides is 2. The molecule has 2 unspecified atom stereocenters. The lowest BCUT2D eigenvalue weighted by molar-refractivity contribution is 0.0764. The average Bonchev–Trinajstić information content (AvgIpc) is 3.01. The second-order valence-corrected chi connectivity index (χ2v) is 10.1. The van der Waals surface area contributed by atoms with Crippen molar-refractivity contribution in [3.8, 4) is 0 Å². The van der Waals surface area contributed by atoms with Crippen LogP contribution in [0.2, 0.25) is 0 Å². The third-order valence-corrected chi connectivity index (χ3v) is 6.79. The zero-order valence-corrected chi connectivity index (χ0v) is 23.7. The highest BCUT2D eigenvalue weighted by Gasteiger charge is 2.34. The van der Waals surface area contributed by atoms with Crippen molar-refractivity contribution in [1.29, 1.82) is 0 Å². The van der Waals surface area contributed by atoms with Crippen molar-refractivity contribution in [1.82, 2.24) is 10.6 Å². The summed E-state index contributed by atoms with van der Waals surface area (Å²) in [6.07, 6.45) is -3.18. The fourth-order valence-electron chi connectivity index (χ4n) is 3.91. The molecule has 0 aliphatic carbocycles. The van der Waals surface area contributed by atoms with Gasteiger partial charge in [-0.15, -0.1) is 0 Å². The number of rotatable bonds is 14. The van der Waals surface area contributed by atoms with E-state index in [-0.39, 0.29) is 26.1 Å². The number of benzene rings is 4. The van der Waals surface area contributed by atoms with E-state index in [2.05, 4.69) is 10.6 Å². The Morgan fingerprint density at radius 3 is 1.17 bits per heavy atom. The first-order valence-electron chi connectivity index (χ1n) is 13.4. The maximum Gasteiger partial charge on any atom is 0.701 e. The minimum atomic E-state index is -2.81. The molecule has 2 amide bonds. The van der Waals surface area contributed by atoms with Crippen LogP contribution in [-0.2, 0) is 49.1 Å². The van der Waals surface area contributed by atoms with Gasteiger partial charge in [0.2, 0.25) is 0 Å². The van der Waals surface area contributed by atoms with Crippen LogP contribution in [-0.4, -0.2) is 24.6 Å². The summed E-state index contributed by atoms with van der Waals surface area (Å²) in [5.74, 6) is 0. The lowest BCUT2D eigenvalue weighted by atomic mass is 10.1. The van der Waals surface area contributed by atoms with Crippen LogP contribution in [0, 0.1) is 0 Å². The van der Waals surface area contributed by atoms with Crippen LogP contribution in [0.4, 0.5) is 9.59 Å². The van der Waals surface area contributed by atoms with Gasteiger partial charge in [0, 0.05) is 17.4 Å². The van der Waals surface area contributed by atoms with Gasteiger partial charge < -0.3 is 9.47 Å². The van der Waals surface area contributed by atoms with Crippen molar-refractivity contribution >= 4 is 20.4 Å². The molecule has 4 aromatic carbocycles. The molecule has 9 nitrogen and oxygen atoms in total. The Kier molecular flexibility index (Phi) is 12.0. The topological polar surface area (TPSA) is 112 Å². The number of carbonyl (C=O) groups excluding carboxylic acids is 2. The molecular formula is C32H32N2O7P+. The second-order valence-electron chi connectivity index (χ2n) is 9.20. The highest BCUT2D eigenvalue weighted by molar-refractivity contribution is 7.33. The van der Waals surface area contributed by atoms with Gasteiger partial charge in [0.15, 0.2) is 12.5 Å². The Labute approximate surface area is 245 Å². The quantitative estimate of drug-likeness (QED) is 0.125. The van der Waals surface area contributed by atoms with E-state index in [1.54, 1.807) is 0 Å². The first-order chi connectivity index (χ1) is 20.5. The number of alkyl carbamates (subject to hydrolysis) is 2. The first kappa shape index (κ1) is 30.4. The standard InChI is InChI=1S/C32H31N2O7P/c35-31(38-23-27-17-9-3-10-18-27)33-29(21-25-13-5-1-6-14-25)40-42(37)41-30(22-26-15-7-2-8-16-26)34-32(36)39-24-28-19-11-4-12-20-28/h1-20,29-30H,21-24H2,(H-,33,34,35,36)/p+1. The molecule has 10 heteroatoms. The molecule has 2 N–H and O–H groups in total. The van der Waals surface area contributed by atoms with E-state index in [0.717, 1.165) is 22.3 Å². The fraction of sp³-hybridized carbons (Fsp3) is 0.188. The van der Waals surface area contributed by atoms with Gasteiger partial charge in [0.1, 0.15) is 13.2 Å². The molecule has 0 saturated carbocycles. The van der Waals surface area contributed by atoms with E-state index in [0.29, 0.717) is 0 Å². The molecule has 0 radical (unpaired) electrons. The minimum Gasteiger partial charge on any atom is -0.445 e. The van der Waals surface area contributed by atoms with Gasteiger partial charge in [-0.25, -0.2) is 9.59 Å². The zero-order valence-electron chi connectivity index (χ0n) is 22.8. The molecule has 0 heterocycles. The van der Waals surface area contributed by atoms with Crippen LogP contribution >= 0.6 is 8.25 Å². The zero-order chi connectivity index (χ0) is 29.4. The van der Waals surface area contributed by atoms with Crippen molar-refractivity contribution in [3.05, 3.63) is 144 Å². The Bertz CT molecular complexity index is 1290. The highest BCUT2D eigenvalue weighted by Crippen LogP contribution is 2.29. The van der Waals surface area contributed by atoms with E-state index in [1.165, 1.54) is 0 Å². The Balaban J connectivity index is 1.38. The summed E-state index contributed by atoms with van der Waals surface area (Å²) in [4.78, 5) is 25.1. The summed E-state index contributed by atoms with van der Waals surface area (Å²) in [6, 6.07) is 37.0. The molecule has 0 aliphatic heterocycles. The van der Waals surface area contributed by atoms with E-state index >= 15 is 0 Å². The Hall–Kier alpha value is -4.56. The lowest BCUT2D eigenvalue weighted by Crippen LogP contribution is -2.39. The van der Waals surface area contributed by atoms with Gasteiger partial charge in [0.05, 0.1) is 0 Å². The van der Waals surface area contributed by atoms with E-state index in [1.807, 2.05) is 121 Å². The first-order valence-corrected chi connectivity index (χ1v) is 14.5. The largest absolute Gasteiger partial charge is 0.701 e. The molecule has 0 aliphatic rings. The van der Waals surface area contributed by atoms with Crippen LogP contribution in [0.15, 0.2) is 121 Å². The monoisotopic (exact) mass is 587 g/mol. The lowest BCUT2D eigenvalue weighted by Gasteiger charge is -2.16. The summed E-state index contributed by atoms with van der Waals surface area (Å²) in [7, 11) is -2.81. The molecule has 0 saturated heterocycles. The van der Waals surface area contributed by atoms with Crippen LogP contribution in [0.25, 0.3) is 0 Å². The molecule has 2 atom stereocenters. The Morgan fingerprint density at radius 1 is 0.524 bits per heavy atom. The maximum atomic E-state index is 13.1. The second kappa shape index (κ2) is 16.6. The third kappa shape index (κ3) is 11.1. The SMILES string of the molecule is O=C(NC(Cc1ccccc1)O[P+](=O)OC(Cc1ccccc1)NC(=O)OCc1ccccc1)OCc1ccccc1. The third-order valence-electron chi connectivity index (χ3n) is 5.94. The van der Waals surface area contributed by atoms with Gasteiger partial charge in [-0.05, 0) is 22.3 Å². The highest BCUT2D eigenvalue weighted by atomic mass is 31.1. The molecular weight excluding hydrogens is 555 g/mol. The van der Waals surface area contributed by atoms with Crippen molar-refractivity contribution in [3.63, 3.8) is 0 Å². The maximum absolute atomic E-state index is 13.1. The molecule has 4 aromatic rings. The minimum absolute atomic E-state index is 0.0571. The molecule has 0 spiro atoms. The Morgan fingerprint density at radius 2 is 0.833 bits per heavy atom. The molecule has 0 bridgehead atoms. The number of ether oxygens (including phenoxy) is 2. The van der Waals surface area contributed by atoms with Crippen molar-refractivity contribution < 1.29 is 32.7 Å². The number of hydrogen-bond acceptors (Lipinski definition) is 7. The summed E-state index contributed by atoms with van der Waals surface area (Å²) in [5.41, 5.74) is 3.29. The van der Waals surface area contributed by atoms with Crippen LogP contribution in [0.3, 0.4) is 0 Å². The van der Waals surface area contributed by atoms with Crippen molar-refractivity contribution in [2.24, 2.45) is 0 Å². The summed E-state index contributed by atoms with van der Waals surface area (Å²) in [5, 5.41) is 5.22. The summed E-state index contributed by atoms with van der Waals surface area (Å²) in [6.45, 7) is 0.114. The van der Waals surface area contributed by atoms with E-state index in [9.17, 15) is 14.2 Å². The molecule has 42 heavy (non-hydrogen) atoms. The van der Waals surface area contributed by atoms with Crippen molar-refractivity contribution in [2.45, 2.75) is 38.5 Å². The van der Waals surface area contributed by atoms with Crippen LogP contribution in [0.5, 0.6) is 0 Å². The van der Waals surface area contributed by atoms with Gasteiger partial charge in [-0.3, -0.25) is 10.6 Å². The van der Waals surface area contributed by atoms with Gasteiger partial charge in [-0.1, -0.05) is 130 Å². The number of hydrogen-bond donors (Lipinski definition) is 2. The van der Waals surface area contributed by atoms with Gasteiger partial charge in [0.25, 0.3) is 0 Å². The smallest absolute Gasteiger partial charge is 0.445 e. The number of carbonyl (C=O) groups is 2. The summed E-state index contributed by atoms with van der Waals surface area (Å²) < 4.78 is 35.0. The van der Waals surface area contributed by atoms with Gasteiger partial charge >= 0.3 is 20.4 Å². The van der Waals surface area contributed by atoms with E-state index < -0.39 is 32.9 Å². The normalized spacial score (nSPS) is 12.4. The fourth-order valence-corrected chi connectivity index (χ4v) is 4.63. The molecule has 4 rings (SSSR count). The van der Waals surface area contributed by atoms with Crippen LogP contribution in [0.1, 0.15) is 22.3 Å². The van der Waals surface area contributed by atoms with E-state index in [4.69, 9.17) is 18.5 Å². The van der Waals surface area contributed by atoms with Crippen LogP contribution < -0.4 is 10.6 Å². The summed E-state index contributed by atoms with van der Waals surface area (Å²) >= 11 is 0.